The van der Waals surface area contributed by atoms with Crippen LogP contribution in [0.2, 0.25) is 0 Å². The second-order valence-corrected chi connectivity index (χ2v) is 5.79. The maximum absolute atomic E-state index is 14.4. The number of benzene rings is 1. The summed E-state index contributed by atoms with van der Waals surface area (Å²) in [7, 11) is 0. The summed E-state index contributed by atoms with van der Waals surface area (Å²) in [6, 6.07) is 5.49. The van der Waals surface area contributed by atoms with Crippen molar-refractivity contribution >= 4 is 11.9 Å². The van der Waals surface area contributed by atoms with Gasteiger partial charge >= 0.3 is 5.97 Å². The number of carboxylic acids is 1. The lowest BCUT2D eigenvalue weighted by molar-refractivity contribution is -0.138. The average Bonchev–Trinajstić information content (AvgIpc) is 3.14. The van der Waals surface area contributed by atoms with Crippen molar-refractivity contribution in [2.45, 2.75) is 18.9 Å². The lowest BCUT2D eigenvalue weighted by Crippen LogP contribution is -2.46. The van der Waals surface area contributed by atoms with Crippen LogP contribution in [0.5, 0.6) is 0 Å². The third-order valence-corrected chi connectivity index (χ3v) is 4.14. The quantitative estimate of drug-likeness (QED) is 0.890. The molecule has 8 heteroatoms. The van der Waals surface area contributed by atoms with E-state index in [-0.39, 0.29) is 17.3 Å². The van der Waals surface area contributed by atoms with Gasteiger partial charge in [0.25, 0.3) is 5.91 Å². The van der Waals surface area contributed by atoms with Crippen molar-refractivity contribution in [3.63, 3.8) is 0 Å². The second kappa shape index (κ2) is 7.43. The summed E-state index contributed by atoms with van der Waals surface area (Å²) >= 11 is 0. The highest BCUT2D eigenvalue weighted by Gasteiger charge is 2.28. The summed E-state index contributed by atoms with van der Waals surface area (Å²) in [4.78, 5) is 25.2. The number of carboxylic acid groups (broad SMARTS) is 1. The summed E-state index contributed by atoms with van der Waals surface area (Å²) in [6.07, 6.45) is 4.25. The minimum atomic E-state index is -1.10. The maximum atomic E-state index is 14.4. The fourth-order valence-electron chi connectivity index (χ4n) is 2.91. The molecular formula is C17H18FN3O4. The monoisotopic (exact) mass is 347 g/mol. The molecule has 0 unspecified atom stereocenters. The fraction of sp³-hybridized carbons (Fsp3) is 0.353. The molecule has 0 aliphatic carbocycles. The molecule has 132 valence electrons. The molecule has 1 fully saturated rings. The summed E-state index contributed by atoms with van der Waals surface area (Å²) in [5.41, 5.74) is 0.332. The SMILES string of the molecule is O=C(O)CN(C(=O)c1ccc(-n2cccn2)c(F)c1)C1CCOCC1. The number of halogens is 1. The van der Waals surface area contributed by atoms with Crippen molar-refractivity contribution in [2.75, 3.05) is 19.8 Å². The molecular weight excluding hydrogens is 329 g/mol. The van der Waals surface area contributed by atoms with Crippen LogP contribution in [0.3, 0.4) is 0 Å². The third-order valence-electron chi connectivity index (χ3n) is 4.14. The van der Waals surface area contributed by atoms with Crippen LogP contribution >= 0.6 is 0 Å². The normalized spacial score (nSPS) is 15.1. The number of rotatable bonds is 5. The largest absolute Gasteiger partial charge is 0.480 e. The van der Waals surface area contributed by atoms with E-state index in [2.05, 4.69) is 5.10 Å². The van der Waals surface area contributed by atoms with Gasteiger partial charge < -0.3 is 14.7 Å². The lowest BCUT2D eigenvalue weighted by atomic mass is 10.0. The number of nitrogens with zero attached hydrogens (tertiary/aromatic N) is 3. The highest BCUT2D eigenvalue weighted by Crippen LogP contribution is 2.20. The number of hydrogen-bond acceptors (Lipinski definition) is 4. The predicted octanol–water partition coefficient (Wildman–Crippen LogP) is 1.72. The molecule has 25 heavy (non-hydrogen) atoms. The molecule has 2 aromatic rings. The van der Waals surface area contributed by atoms with Gasteiger partial charge in [-0.2, -0.15) is 5.10 Å². The molecule has 1 aromatic carbocycles. The molecule has 0 atom stereocenters. The number of aromatic nitrogens is 2. The first kappa shape index (κ1) is 17.1. The Kier molecular flexibility index (Phi) is 5.08. The molecule has 1 aliphatic rings. The standard InChI is InChI=1S/C17H18FN3O4/c18-14-10-12(2-3-15(14)21-7-1-6-19-21)17(24)20(11-16(22)23)13-4-8-25-9-5-13/h1-3,6-7,10,13H,4-5,8-9,11H2,(H,22,23). The number of hydrogen-bond donors (Lipinski definition) is 1. The first-order chi connectivity index (χ1) is 12.1. The zero-order valence-electron chi connectivity index (χ0n) is 13.5. The van der Waals surface area contributed by atoms with Crippen LogP contribution in [0.1, 0.15) is 23.2 Å². The first-order valence-corrected chi connectivity index (χ1v) is 7.96. The number of aliphatic carboxylic acids is 1. The first-order valence-electron chi connectivity index (χ1n) is 7.96. The van der Waals surface area contributed by atoms with Crippen molar-refractivity contribution in [3.05, 3.63) is 48.0 Å². The molecule has 1 aromatic heterocycles. The van der Waals surface area contributed by atoms with Crippen LogP contribution in [0.15, 0.2) is 36.7 Å². The molecule has 0 radical (unpaired) electrons. The number of carbonyl (C=O) groups excluding carboxylic acids is 1. The number of ether oxygens (including phenoxy) is 1. The van der Waals surface area contributed by atoms with Gasteiger partial charge in [-0.1, -0.05) is 0 Å². The molecule has 1 saturated heterocycles. The summed E-state index contributed by atoms with van der Waals surface area (Å²) < 4.78 is 21.0. The van der Waals surface area contributed by atoms with Crippen LogP contribution in [-0.4, -0.2) is 57.5 Å². The smallest absolute Gasteiger partial charge is 0.323 e. The highest BCUT2D eigenvalue weighted by atomic mass is 19.1. The minimum Gasteiger partial charge on any atom is -0.480 e. The van der Waals surface area contributed by atoms with Gasteiger partial charge in [0, 0.05) is 37.2 Å². The molecule has 2 heterocycles. The van der Waals surface area contributed by atoms with E-state index in [1.54, 1.807) is 12.3 Å². The Hall–Kier alpha value is -2.74. The van der Waals surface area contributed by atoms with Crippen molar-refractivity contribution in [1.82, 2.24) is 14.7 Å². The summed E-state index contributed by atoms with van der Waals surface area (Å²) in [6.45, 7) is 0.521. The van der Waals surface area contributed by atoms with Crippen molar-refractivity contribution < 1.29 is 23.8 Å². The Labute approximate surface area is 143 Å². The van der Waals surface area contributed by atoms with E-state index in [1.165, 1.54) is 27.9 Å². The van der Waals surface area contributed by atoms with Crippen LogP contribution < -0.4 is 0 Å². The Bertz CT molecular complexity index is 757. The van der Waals surface area contributed by atoms with E-state index in [4.69, 9.17) is 9.84 Å². The van der Waals surface area contributed by atoms with Gasteiger partial charge in [-0.25, -0.2) is 9.07 Å². The van der Waals surface area contributed by atoms with Gasteiger partial charge in [0.15, 0.2) is 0 Å². The number of amides is 1. The van der Waals surface area contributed by atoms with Crippen LogP contribution in [0, 0.1) is 5.82 Å². The topological polar surface area (TPSA) is 84.7 Å². The van der Waals surface area contributed by atoms with E-state index in [1.807, 2.05) is 0 Å². The molecule has 0 bridgehead atoms. The molecule has 1 N–H and O–H groups in total. The van der Waals surface area contributed by atoms with Gasteiger partial charge in [0.2, 0.25) is 0 Å². The molecule has 0 saturated carbocycles. The zero-order chi connectivity index (χ0) is 17.8. The van der Waals surface area contributed by atoms with E-state index in [0.717, 1.165) is 6.07 Å². The van der Waals surface area contributed by atoms with E-state index < -0.39 is 24.2 Å². The van der Waals surface area contributed by atoms with Gasteiger partial charge in [0.05, 0.1) is 0 Å². The molecule has 3 rings (SSSR count). The van der Waals surface area contributed by atoms with E-state index in [9.17, 15) is 14.0 Å². The minimum absolute atomic E-state index is 0.112. The number of carbonyl (C=O) groups is 2. The zero-order valence-corrected chi connectivity index (χ0v) is 13.5. The van der Waals surface area contributed by atoms with Gasteiger partial charge in [0.1, 0.15) is 18.0 Å². The Balaban J connectivity index is 1.86. The van der Waals surface area contributed by atoms with Crippen LogP contribution in [0.4, 0.5) is 4.39 Å². The summed E-state index contributed by atoms with van der Waals surface area (Å²) in [5.74, 6) is -2.20. The Morgan fingerprint density at radius 3 is 2.72 bits per heavy atom. The van der Waals surface area contributed by atoms with Crippen molar-refractivity contribution in [2.24, 2.45) is 0 Å². The average molecular weight is 347 g/mol. The highest BCUT2D eigenvalue weighted by molar-refractivity contribution is 5.96. The van der Waals surface area contributed by atoms with E-state index >= 15 is 0 Å². The Morgan fingerprint density at radius 1 is 1.36 bits per heavy atom. The van der Waals surface area contributed by atoms with Gasteiger partial charge in [-0.05, 0) is 37.1 Å². The fourth-order valence-corrected chi connectivity index (χ4v) is 2.91. The molecule has 0 spiro atoms. The van der Waals surface area contributed by atoms with Crippen LogP contribution in [-0.2, 0) is 9.53 Å². The summed E-state index contributed by atoms with van der Waals surface area (Å²) in [5, 5.41) is 13.1. The second-order valence-electron chi connectivity index (χ2n) is 5.79. The lowest BCUT2D eigenvalue weighted by Gasteiger charge is -2.33. The molecule has 1 aliphatic heterocycles. The molecule has 1 amide bonds. The van der Waals surface area contributed by atoms with Gasteiger partial charge in [-0.15, -0.1) is 0 Å². The van der Waals surface area contributed by atoms with Gasteiger partial charge in [-0.3, -0.25) is 9.59 Å². The Morgan fingerprint density at radius 2 is 2.12 bits per heavy atom. The predicted molar refractivity (Wildman–Crippen MR) is 86.0 cm³/mol. The van der Waals surface area contributed by atoms with Crippen LogP contribution in [0.25, 0.3) is 5.69 Å². The van der Waals surface area contributed by atoms with Crippen molar-refractivity contribution in [1.29, 1.82) is 0 Å². The van der Waals surface area contributed by atoms with Crippen molar-refractivity contribution in [3.8, 4) is 5.69 Å². The molecule has 7 nitrogen and oxygen atoms in total. The van der Waals surface area contributed by atoms with E-state index in [0.29, 0.717) is 26.1 Å². The third kappa shape index (κ3) is 3.85. The maximum Gasteiger partial charge on any atom is 0.323 e.